The Morgan fingerprint density at radius 2 is 2.26 bits per heavy atom. The summed E-state index contributed by atoms with van der Waals surface area (Å²) in [6.45, 7) is 2.46. The predicted octanol–water partition coefficient (Wildman–Crippen LogP) is 1.90. The molecule has 0 aromatic heterocycles. The molecule has 1 unspecified atom stereocenters. The molecular weight excluding hydrogens is 247 g/mol. The second-order valence-corrected chi connectivity index (χ2v) is 5.28. The van der Waals surface area contributed by atoms with Crippen LogP contribution in [0.2, 0.25) is 0 Å². The van der Waals surface area contributed by atoms with E-state index in [2.05, 4.69) is 5.32 Å². The third kappa shape index (κ3) is 2.42. The molecule has 0 aliphatic carbocycles. The summed E-state index contributed by atoms with van der Waals surface area (Å²) in [5.41, 5.74) is 0.112. The highest BCUT2D eigenvalue weighted by Crippen LogP contribution is 2.30. The highest BCUT2D eigenvalue weighted by Gasteiger charge is 2.45. The number of benzene rings is 1. The van der Waals surface area contributed by atoms with E-state index in [0.29, 0.717) is 18.7 Å². The number of nitrogens with zero attached hydrogens (tertiary/aromatic N) is 1. The van der Waals surface area contributed by atoms with E-state index in [0.717, 1.165) is 19.4 Å². The molecule has 2 saturated heterocycles. The van der Waals surface area contributed by atoms with Crippen molar-refractivity contribution in [2.24, 2.45) is 0 Å². The maximum atomic E-state index is 13.6. The fourth-order valence-electron chi connectivity index (χ4n) is 2.81. The Kier molecular flexibility index (Phi) is 3.14. The van der Waals surface area contributed by atoms with Crippen LogP contribution in [-0.2, 0) is 11.3 Å². The first-order valence-corrected chi connectivity index (χ1v) is 6.61. The zero-order chi connectivity index (χ0) is 13.3. The van der Waals surface area contributed by atoms with Gasteiger partial charge in [-0.25, -0.2) is 9.18 Å². The summed E-state index contributed by atoms with van der Waals surface area (Å²) in [5.74, 6) is -0.280. The molecule has 1 aromatic rings. The number of hydrogen-bond donors (Lipinski definition) is 1. The summed E-state index contributed by atoms with van der Waals surface area (Å²) in [4.78, 5) is 13.5. The zero-order valence-corrected chi connectivity index (χ0v) is 10.7. The number of rotatable bonds is 2. The molecule has 2 fully saturated rings. The van der Waals surface area contributed by atoms with Crippen molar-refractivity contribution in [3.05, 3.63) is 35.6 Å². The van der Waals surface area contributed by atoms with Gasteiger partial charge < -0.3 is 10.1 Å². The molecule has 2 aliphatic rings. The summed E-state index contributed by atoms with van der Waals surface area (Å²) in [6, 6.07) is 6.53. The van der Waals surface area contributed by atoms with Gasteiger partial charge in [0.1, 0.15) is 11.4 Å². The lowest BCUT2D eigenvalue weighted by Crippen LogP contribution is -2.48. The fraction of sp³-hybridized carbons (Fsp3) is 0.500. The molecule has 0 bridgehead atoms. The summed E-state index contributed by atoms with van der Waals surface area (Å²) in [6.07, 6.45) is 1.53. The third-order valence-corrected chi connectivity index (χ3v) is 3.79. The van der Waals surface area contributed by atoms with Crippen molar-refractivity contribution >= 4 is 6.09 Å². The van der Waals surface area contributed by atoms with Gasteiger partial charge in [0, 0.05) is 12.1 Å². The van der Waals surface area contributed by atoms with Crippen LogP contribution in [-0.4, -0.2) is 36.2 Å². The number of ether oxygens (including phenoxy) is 1. The second kappa shape index (κ2) is 4.81. The summed E-state index contributed by atoms with van der Waals surface area (Å²) >= 11 is 0. The topological polar surface area (TPSA) is 41.6 Å². The van der Waals surface area contributed by atoms with Crippen molar-refractivity contribution < 1.29 is 13.9 Å². The molecular formula is C14H17FN2O2. The van der Waals surface area contributed by atoms with Crippen LogP contribution in [0.3, 0.4) is 0 Å². The Balaban J connectivity index is 1.72. The van der Waals surface area contributed by atoms with Gasteiger partial charge in [-0.2, -0.15) is 0 Å². The van der Waals surface area contributed by atoms with Crippen LogP contribution in [0.25, 0.3) is 0 Å². The first-order chi connectivity index (χ1) is 9.19. The van der Waals surface area contributed by atoms with E-state index in [4.69, 9.17) is 4.74 Å². The average Bonchev–Trinajstić information content (AvgIpc) is 2.69. The maximum Gasteiger partial charge on any atom is 0.410 e. The SMILES string of the molecule is O=C1OC2(CCCNC2)CN1Cc1ccccc1F. The van der Waals surface area contributed by atoms with Crippen molar-refractivity contribution in [3.63, 3.8) is 0 Å². The Hall–Kier alpha value is -1.62. The molecule has 4 nitrogen and oxygen atoms in total. The number of halogens is 1. The highest BCUT2D eigenvalue weighted by atomic mass is 19.1. The molecule has 5 heteroatoms. The molecule has 0 radical (unpaired) electrons. The van der Waals surface area contributed by atoms with E-state index in [1.807, 2.05) is 0 Å². The van der Waals surface area contributed by atoms with Crippen LogP contribution in [0, 0.1) is 5.82 Å². The zero-order valence-electron chi connectivity index (χ0n) is 10.7. The largest absolute Gasteiger partial charge is 0.440 e. The van der Waals surface area contributed by atoms with E-state index in [1.54, 1.807) is 23.1 Å². The van der Waals surface area contributed by atoms with Gasteiger partial charge in [-0.1, -0.05) is 18.2 Å². The lowest BCUT2D eigenvalue weighted by molar-refractivity contribution is 0.0366. The summed E-state index contributed by atoms with van der Waals surface area (Å²) < 4.78 is 19.1. The standard InChI is InChI=1S/C14H17FN2O2/c15-12-5-2-1-4-11(12)8-17-10-14(19-13(17)18)6-3-7-16-9-14/h1-2,4-5,16H,3,6-10H2. The van der Waals surface area contributed by atoms with Crippen molar-refractivity contribution in [2.45, 2.75) is 25.0 Å². The molecule has 0 saturated carbocycles. The third-order valence-electron chi connectivity index (χ3n) is 3.79. The van der Waals surface area contributed by atoms with Gasteiger partial charge in [0.25, 0.3) is 0 Å². The van der Waals surface area contributed by atoms with Gasteiger partial charge >= 0.3 is 6.09 Å². The van der Waals surface area contributed by atoms with Crippen molar-refractivity contribution in [1.82, 2.24) is 10.2 Å². The Morgan fingerprint density at radius 1 is 1.42 bits per heavy atom. The van der Waals surface area contributed by atoms with Crippen LogP contribution >= 0.6 is 0 Å². The molecule has 1 N–H and O–H groups in total. The van der Waals surface area contributed by atoms with E-state index in [-0.39, 0.29) is 18.5 Å². The molecule has 1 amide bonds. The Bertz CT molecular complexity index is 486. The number of piperidine rings is 1. The minimum absolute atomic E-state index is 0.271. The van der Waals surface area contributed by atoms with E-state index < -0.39 is 5.60 Å². The number of hydrogen-bond acceptors (Lipinski definition) is 3. The maximum absolute atomic E-state index is 13.6. The molecule has 1 aromatic carbocycles. The van der Waals surface area contributed by atoms with Gasteiger partial charge in [0.15, 0.2) is 0 Å². The number of carbonyl (C=O) groups is 1. The second-order valence-electron chi connectivity index (χ2n) is 5.28. The van der Waals surface area contributed by atoms with Crippen LogP contribution in [0.15, 0.2) is 24.3 Å². The fourth-order valence-corrected chi connectivity index (χ4v) is 2.81. The van der Waals surface area contributed by atoms with Crippen molar-refractivity contribution in [3.8, 4) is 0 Å². The highest BCUT2D eigenvalue weighted by molar-refractivity contribution is 5.70. The van der Waals surface area contributed by atoms with Gasteiger partial charge in [-0.05, 0) is 25.5 Å². The van der Waals surface area contributed by atoms with Gasteiger partial charge in [0.2, 0.25) is 0 Å². The summed E-state index contributed by atoms with van der Waals surface area (Å²) in [7, 11) is 0. The molecule has 1 spiro atoms. The quantitative estimate of drug-likeness (QED) is 0.887. The molecule has 2 heterocycles. The van der Waals surface area contributed by atoms with Crippen LogP contribution in [0.5, 0.6) is 0 Å². The first-order valence-electron chi connectivity index (χ1n) is 6.61. The predicted molar refractivity (Wildman–Crippen MR) is 68.1 cm³/mol. The minimum atomic E-state index is -0.416. The van der Waals surface area contributed by atoms with Crippen molar-refractivity contribution in [2.75, 3.05) is 19.6 Å². The lowest BCUT2D eigenvalue weighted by atomic mass is 9.94. The van der Waals surface area contributed by atoms with Gasteiger partial charge in [-0.15, -0.1) is 0 Å². The molecule has 19 heavy (non-hydrogen) atoms. The summed E-state index contributed by atoms with van der Waals surface area (Å²) in [5, 5.41) is 3.26. The normalized spacial score (nSPS) is 26.8. The number of nitrogens with one attached hydrogen (secondary N) is 1. The molecule has 3 rings (SSSR count). The Morgan fingerprint density at radius 3 is 3.00 bits per heavy atom. The van der Waals surface area contributed by atoms with Gasteiger partial charge in [-0.3, -0.25) is 4.90 Å². The number of amides is 1. The van der Waals surface area contributed by atoms with Crippen LogP contribution in [0.1, 0.15) is 18.4 Å². The molecule has 102 valence electrons. The Labute approximate surface area is 111 Å². The smallest absolute Gasteiger partial charge is 0.410 e. The van der Waals surface area contributed by atoms with Crippen LogP contribution < -0.4 is 5.32 Å². The van der Waals surface area contributed by atoms with Gasteiger partial charge in [0.05, 0.1) is 13.1 Å². The number of carbonyl (C=O) groups excluding carboxylic acids is 1. The molecule has 1 atom stereocenters. The van der Waals surface area contributed by atoms with E-state index >= 15 is 0 Å². The monoisotopic (exact) mass is 264 g/mol. The van der Waals surface area contributed by atoms with E-state index in [1.165, 1.54) is 6.07 Å². The molecule has 2 aliphatic heterocycles. The lowest BCUT2D eigenvalue weighted by Gasteiger charge is -2.31. The van der Waals surface area contributed by atoms with Crippen LogP contribution in [0.4, 0.5) is 9.18 Å². The van der Waals surface area contributed by atoms with Crippen molar-refractivity contribution in [1.29, 1.82) is 0 Å². The minimum Gasteiger partial charge on any atom is -0.440 e. The first kappa shape index (κ1) is 12.4. The van der Waals surface area contributed by atoms with E-state index in [9.17, 15) is 9.18 Å². The average molecular weight is 264 g/mol.